The molecule has 0 spiro atoms. The van der Waals surface area contributed by atoms with Crippen molar-refractivity contribution in [1.29, 1.82) is 0 Å². The van der Waals surface area contributed by atoms with E-state index >= 15 is 0 Å². The molecule has 4 heteroatoms. The number of piperazine rings is 1. The van der Waals surface area contributed by atoms with Crippen molar-refractivity contribution in [3.8, 4) is 0 Å². The lowest BCUT2D eigenvalue weighted by Gasteiger charge is -2.11. The van der Waals surface area contributed by atoms with Gasteiger partial charge in [-0.05, 0) is 12.8 Å². The van der Waals surface area contributed by atoms with Crippen molar-refractivity contribution < 1.29 is 4.74 Å². The molecule has 2 fully saturated rings. The standard InChI is InChI=1S/C4H10N2.C4H8O.ClH/c1-2-6-4-3-5-1;1-2-4-5-3-1;/h5-6H,1-4H2;1-4H2;1H. The van der Waals surface area contributed by atoms with Crippen LogP contribution in [0.1, 0.15) is 12.8 Å². The van der Waals surface area contributed by atoms with Crippen LogP contribution in [0.15, 0.2) is 0 Å². The Hall–Kier alpha value is 0.170. The lowest BCUT2D eigenvalue weighted by Crippen LogP contribution is -2.39. The van der Waals surface area contributed by atoms with Gasteiger partial charge in [-0.15, -0.1) is 12.4 Å². The first-order valence-corrected chi connectivity index (χ1v) is 4.49. The van der Waals surface area contributed by atoms with E-state index in [1.165, 1.54) is 12.8 Å². The van der Waals surface area contributed by atoms with Crippen LogP contribution in [0, 0.1) is 0 Å². The average Bonchev–Trinajstić information content (AvgIpc) is 2.64. The lowest BCUT2D eigenvalue weighted by molar-refractivity contribution is 0.198. The molecule has 2 heterocycles. The molecule has 12 heavy (non-hydrogen) atoms. The predicted octanol–water partition coefficient (Wildman–Crippen LogP) is 0.398. The molecule has 0 aliphatic carbocycles. The average molecular weight is 195 g/mol. The van der Waals surface area contributed by atoms with E-state index in [1.54, 1.807) is 0 Å². The molecule has 0 saturated carbocycles. The first kappa shape index (κ1) is 12.2. The van der Waals surface area contributed by atoms with Gasteiger partial charge in [0.25, 0.3) is 0 Å². The Morgan fingerprint density at radius 1 is 0.750 bits per heavy atom. The number of rotatable bonds is 0. The zero-order valence-electron chi connectivity index (χ0n) is 7.47. The van der Waals surface area contributed by atoms with E-state index in [1.807, 2.05) is 0 Å². The van der Waals surface area contributed by atoms with Crippen LogP contribution < -0.4 is 10.6 Å². The predicted molar refractivity (Wildman–Crippen MR) is 53.0 cm³/mol. The second kappa shape index (κ2) is 9.26. The molecule has 0 amide bonds. The number of ether oxygens (including phenoxy) is 1. The molecule has 2 saturated heterocycles. The van der Waals surface area contributed by atoms with E-state index in [-0.39, 0.29) is 12.4 Å². The number of nitrogens with one attached hydrogen (secondary N) is 2. The van der Waals surface area contributed by atoms with Crippen LogP contribution in [-0.2, 0) is 4.74 Å². The first-order valence-electron chi connectivity index (χ1n) is 4.49. The van der Waals surface area contributed by atoms with Gasteiger partial charge >= 0.3 is 0 Å². The first-order chi connectivity index (χ1) is 5.50. The molecule has 0 atom stereocenters. The summed E-state index contributed by atoms with van der Waals surface area (Å²) in [5.74, 6) is 0. The van der Waals surface area contributed by atoms with Crippen molar-refractivity contribution in [1.82, 2.24) is 10.6 Å². The molecule has 0 aromatic rings. The van der Waals surface area contributed by atoms with Crippen LogP contribution in [0.4, 0.5) is 0 Å². The lowest BCUT2D eigenvalue weighted by atomic mass is 10.4. The second-order valence-corrected chi connectivity index (χ2v) is 2.82. The Morgan fingerprint density at radius 3 is 1.33 bits per heavy atom. The van der Waals surface area contributed by atoms with Gasteiger partial charge in [0, 0.05) is 39.4 Å². The molecule has 2 aliphatic heterocycles. The Kier molecular flexibility index (Phi) is 9.39. The van der Waals surface area contributed by atoms with Gasteiger partial charge in [-0.3, -0.25) is 0 Å². The Morgan fingerprint density at radius 2 is 1.17 bits per heavy atom. The maximum absolute atomic E-state index is 4.94. The molecule has 0 aromatic heterocycles. The number of hydrogen-bond acceptors (Lipinski definition) is 3. The highest BCUT2D eigenvalue weighted by molar-refractivity contribution is 5.85. The van der Waals surface area contributed by atoms with E-state index in [2.05, 4.69) is 10.6 Å². The second-order valence-electron chi connectivity index (χ2n) is 2.82. The van der Waals surface area contributed by atoms with E-state index in [9.17, 15) is 0 Å². The molecular formula is C8H19ClN2O. The topological polar surface area (TPSA) is 33.3 Å². The van der Waals surface area contributed by atoms with Gasteiger partial charge in [0.1, 0.15) is 0 Å². The van der Waals surface area contributed by atoms with Gasteiger partial charge in [-0.1, -0.05) is 0 Å². The summed E-state index contributed by atoms with van der Waals surface area (Å²) in [6, 6.07) is 0. The van der Waals surface area contributed by atoms with Crippen LogP contribution in [0.2, 0.25) is 0 Å². The highest BCUT2D eigenvalue weighted by Gasteiger charge is 1.94. The monoisotopic (exact) mass is 194 g/mol. The fraction of sp³-hybridized carbons (Fsp3) is 1.00. The molecule has 0 unspecified atom stereocenters. The smallest absolute Gasteiger partial charge is 0.0466 e. The van der Waals surface area contributed by atoms with Crippen LogP contribution in [-0.4, -0.2) is 39.4 Å². The zero-order chi connectivity index (χ0) is 7.78. The van der Waals surface area contributed by atoms with E-state index < -0.39 is 0 Å². The minimum absolute atomic E-state index is 0. The van der Waals surface area contributed by atoms with Crippen LogP contribution in [0.25, 0.3) is 0 Å². The van der Waals surface area contributed by atoms with Gasteiger partial charge in [-0.2, -0.15) is 0 Å². The quantitative estimate of drug-likeness (QED) is 0.586. The molecule has 2 rings (SSSR count). The van der Waals surface area contributed by atoms with Gasteiger partial charge in [-0.25, -0.2) is 0 Å². The van der Waals surface area contributed by atoms with Gasteiger partial charge in [0.2, 0.25) is 0 Å². The number of hydrogen-bond donors (Lipinski definition) is 2. The van der Waals surface area contributed by atoms with Crippen molar-refractivity contribution in [2.24, 2.45) is 0 Å². The van der Waals surface area contributed by atoms with Gasteiger partial charge < -0.3 is 15.4 Å². The van der Waals surface area contributed by atoms with Crippen LogP contribution in [0.3, 0.4) is 0 Å². The third-order valence-electron chi connectivity index (χ3n) is 1.78. The zero-order valence-corrected chi connectivity index (χ0v) is 8.29. The summed E-state index contributed by atoms with van der Waals surface area (Å²) in [7, 11) is 0. The summed E-state index contributed by atoms with van der Waals surface area (Å²) >= 11 is 0. The van der Waals surface area contributed by atoms with Crippen molar-refractivity contribution in [2.75, 3.05) is 39.4 Å². The molecule has 3 nitrogen and oxygen atoms in total. The summed E-state index contributed by atoms with van der Waals surface area (Å²) in [5, 5.41) is 6.44. The van der Waals surface area contributed by atoms with Crippen molar-refractivity contribution in [2.45, 2.75) is 12.8 Å². The maximum Gasteiger partial charge on any atom is 0.0466 e. The minimum Gasteiger partial charge on any atom is -0.381 e. The third kappa shape index (κ3) is 6.85. The highest BCUT2D eigenvalue weighted by Crippen LogP contribution is 1.98. The SMILES string of the molecule is C1CCOC1.C1CNCCN1.Cl. The maximum atomic E-state index is 4.94. The summed E-state index contributed by atoms with van der Waals surface area (Å²) in [6.07, 6.45) is 2.56. The molecule has 0 aromatic carbocycles. The summed E-state index contributed by atoms with van der Waals surface area (Å²) < 4.78 is 4.94. The molecule has 0 bridgehead atoms. The largest absolute Gasteiger partial charge is 0.381 e. The van der Waals surface area contributed by atoms with E-state index in [0.29, 0.717) is 0 Å². The van der Waals surface area contributed by atoms with Crippen LogP contribution in [0.5, 0.6) is 0 Å². The van der Waals surface area contributed by atoms with Crippen molar-refractivity contribution in [3.63, 3.8) is 0 Å². The Balaban J connectivity index is 0.000000189. The summed E-state index contributed by atoms with van der Waals surface area (Å²) in [6.45, 7) is 6.56. The fourth-order valence-electron chi connectivity index (χ4n) is 1.11. The van der Waals surface area contributed by atoms with Crippen molar-refractivity contribution >= 4 is 12.4 Å². The van der Waals surface area contributed by atoms with E-state index in [4.69, 9.17) is 4.74 Å². The minimum atomic E-state index is 0. The molecule has 2 aliphatic rings. The molecule has 74 valence electrons. The Labute approximate surface area is 80.7 Å². The number of halogens is 1. The highest BCUT2D eigenvalue weighted by atomic mass is 35.5. The van der Waals surface area contributed by atoms with Crippen LogP contribution >= 0.6 is 12.4 Å². The van der Waals surface area contributed by atoms with Gasteiger partial charge in [0.15, 0.2) is 0 Å². The Bertz CT molecular complexity index is 66.0. The van der Waals surface area contributed by atoms with Gasteiger partial charge in [0.05, 0.1) is 0 Å². The molecule has 0 radical (unpaired) electrons. The fourth-order valence-corrected chi connectivity index (χ4v) is 1.11. The normalized spacial score (nSPS) is 22.0. The van der Waals surface area contributed by atoms with Crippen molar-refractivity contribution in [3.05, 3.63) is 0 Å². The summed E-state index contributed by atoms with van der Waals surface area (Å²) in [4.78, 5) is 0. The molecular weight excluding hydrogens is 176 g/mol. The molecule has 2 N–H and O–H groups in total. The van der Waals surface area contributed by atoms with E-state index in [0.717, 1.165) is 39.4 Å². The summed E-state index contributed by atoms with van der Waals surface area (Å²) in [5.41, 5.74) is 0. The third-order valence-corrected chi connectivity index (χ3v) is 1.78.